The molecule has 5 nitrogen and oxygen atoms in total. The second-order valence-corrected chi connectivity index (χ2v) is 6.81. The third-order valence-corrected chi connectivity index (χ3v) is 3.90. The lowest BCUT2D eigenvalue weighted by atomic mass is 10.0. The van der Waals surface area contributed by atoms with E-state index >= 15 is 0 Å². The molecule has 0 aliphatic carbocycles. The summed E-state index contributed by atoms with van der Waals surface area (Å²) in [5.41, 5.74) is 0.0429. The largest absolute Gasteiger partial charge is 0.325 e. The Morgan fingerprint density at radius 1 is 1.22 bits per heavy atom. The Bertz CT molecular complexity index is 604. The summed E-state index contributed by atoms with van der Waals surface area (Å²) in [6.07, 6.45) is 1.13. The average Bonchev–Trinajstić information content (AvgIpc) is 2.74. The minimum atomic E-state index is -0.721. The molecule has 2 rings (SSSR count). The molecule has 0 bridgehead atoms. The molecule has 0 aromatic heterocycles. The maximum absolute atomic E-state index is 12.8. The lowest BCUT2D eigenvalue weighted by Crippen LogP contribution is -2.54. The lowest BCUT2D eigenvalue weighted by Gasteiger charge is -2.39. The number of para-hydroxylation sites is 1. The molecule has 1 atom stereocenters. The quantitative estimate of drug-likeness (QED) is 0.803. The Labute approximate surface area is 137 Å². The minimum Gasteiger partial charge on any atom is -0.325 e. The van der Waals surface area contributed by atoms with E-state index in [-0.39, 0.29) is 24.1 Å². The van der Waals surface area contributed by atoms with Gasteiger partial charge in [-0.2, -0.15) is 0 Å². The van der Waals surface area contributed by atoms with Crippen LogP contribution in [0, 0.1) is 0 Å². The van der Waals surface area contributed by atoms with Crippen molar-refractivity contribution >= 4 is 23.4 Å². The van der Waals surface area contributed by atoms with E-state index in [1.54, 1.807) is 29.2 Å². The summed E-state index contributed by atoms with van der Waals surface area (Å²) in [5.74, 6) is -0.661. The summed E-state index contributed by atoms with van der Waals surface area (Å²) < 4.78 is 0. The molecule has 124 valence electrons. The Morgan fingerprint density at radius 3 is 2.35 bits per heavy atom. The highest BCUT2D eigenvalue weighted by Gasteiger charge is 2.47. The molecule has 0 spiro atoms. The van der Waals surface area contributed by atoms with Gasteiger partial charge in [0.2, 0.25) is 11.8 Å². The van der Waals surface area contributed by atoms with Crippen LogP contribution in [0.4, 0.5) is 5.69 Å². The van der Waals surface area contributed by atoms with Crippen molar-refractivity contribution in [2.75, 3.05) is 4.90 Å². The highest BCUT2D eigenvalue weighted by Crippen LogP contribution is 2.30. The molecule has 23 heavy (non-hydrogen) atoms. The van der Waals surface area contributed by atoms with E-state index in [0.29, 0.717) is 18.5 Å². The van der Waals surface area contributed by atoms with Crippen molar-refractivity contribution in [2.45, 2.75) is 58.5 Å². The SMILES string of the molecule is CCCC(=O)N(C1CC(=O)N(c2ccccc2)C1=O)C(C)(C)C. The zero-order valence-electron chi connectivity index (χ0n) is 14.2. The molecule has 1 heterocycles. The number of hydrogen-bond donors (Lipinski definition) is 0. The van der Waals surface area contributed by atoms with Crippen LogP contribution in [0.25, 0.3) is 0 Å². The van der Waals surface area contributed by atoms with Crippen molar-refractivity contribution in [3.8, 4) is 0 Å². The minimum absolute atomic E-state index is 0.0421. The van der Waals surface area contributed by atoms with E-state index < -0.39 is 11.6 Å². The fourth-order valence-electron chi connectivity index (χ4n) is 3.02. The maximum Gasteiger partial charge on any atom is 0.257 e. The van der Waals surface area contributed by atoms with Crippen LogP contribution >= 0.6 is 0 Å². The molecule has 1 saturated heterocycles. The van der Waals surface area contributed by atoms with Crippen LogP contribution in [0.3, 0.4) is 0 Å². The highest BCUT2D eigenvalue weighted by molar-refractivity contribution is 6.23. The van der Waals surface area contributed by atoms with Gasteiger partial charge in [-0.15, -0.1) is 0 Å². The van der Waals surface area contributed by atoms with Gasteiger partial charge in [-0.25, -0.2) is 4.90 Å². The van der Waals surface area contributed by atoms with E-state index in [4.69, 9.17) is 0 Å². The second kappa shape index (κ2) is 6.52. The number of hydrogen-bond acceptors (Lipinski definition) is 3. The van der Waals surface area contributed by atoms with Crippen LogP contribution < -0.4 is 4.90 Å². The van der Waals surface area contributed by atoms with Crippen molar-refractivity contribution < 1.29 is 14.4 Å². The number of benzene rings is 1. The van der Waals surface area contributed by atoms with E-state index in [0.717, 1.165) is 0 Å². The monoisotopic (exact) mass is 316 g/mol. The third-order valence-electron chi connectivity index (χ3n) is 3.90. The van der Waals surface area contributed by atoms with Crippen LogP contribution in [-0.2, 0) is 14.4 Å². The Hall–Kier alpha value is -2.17. The molecule has 1 aliphatic rings. The first kappa shape index (κ1) is 17.2. The van der Waals surface area contributed by atoms with Crippen molar-refractivity contribution in [2.24, 2.45) is 0 Å². The number of carbonyl (C=O) groups excluding carboxylic acids is 3. The van der Waals surface area contributed by atoms with E-state index in [2.05, 4.69) is 0 Å². The first-order valence-corrected chi connectivity index (χ1v) is 8.01. The number of nitrogens with zero attached hydrogens (tertiary/aromatic N) is 2. The van der Waals surface area contributed by atoms with Crippen molar-refractivity contribution in [1.82, 2.24) is 4.90 Å². The molecule has 3 amide bonds. The third kappa shape index (κ3) is 3.44. The number of anilines is 1. The van der Waals surface area contributed by atoms with Gasteiger partial charge in [0.15, 0.2) is 0 Å². The van der Waals surface area contributed by atoms with Gasteiger partial charge in [-0.3, -0.25) is 14.4 Å². The van der Waals surface area contributed by atoms with Gasteiger partial charge in [0, 0.05) is 12.0 Å². The standard InChI is InChI=1S/C18H24N2O3/c1-5-9-15(21)20(18(2,3)4)14-12-16(22)19(17(14)23)13-10-7-6-8-11-13/h6-8,10-11,14H,5,9,12H2,1-4H3. The zero-order valence-corrected chi connectivity index (χ0v) is 14.2. The molecule has 1 aromatic rings. The smallest absolute Gasteiger partial charge is 0.257 e. The van der Waals surface area contributed by atoms with Crippen LogP contribution in [0.2, 0.25) is 0 Å². The van der Waals surface area contributed by atoms with Gasteiger partial charge in [0.1, 0.15) is 6.04 Å². The van der Waals surface area contributed by atoms with Gasteiger partial charge >= 0.3 is 0 Å². The molecule has 5 heteroatoms. The van der Waals surface area contributed by atoms with Crippen molar-refractivity contribution in [3.63, 3.8) is 0 Å². The number of amides is 3. The summed E-state index contributed by atoms with van der Waals surface area (Å²) in [4.78, 5) is 40.5. The Morgan fingerprint density at radius 2 is 1.83 bits per heavy atom. The zero-order chi connectivity index (χ0) is 17.2. The van der Waals surface area contributed by atoms with Crippen LogP contribution in [0.5, 0.6) is 0 Å². The molecule has 0 N–H and O–H groups in total. The summed E-state index contributed by atoms with van der Waals surface area (Å²) in [5, 5.41) is 0. The number of carbonyl (C=O) groups is 3. The first-order chi connectivity index (χ1) is 10.8. The fourth-order valence-corrected chi connectivity index (χ4v) is 3.02. The van der Waals surface area contributed by atoms with Gasteiger partial charge in [-0.1, -0.05) is 25.1 Å². The second-order valence-electron chi connectivity index (χ2n) is 6.81. The Balaban J connectivity index is 2.34. The first-order valence-electron chi connectivity index (χ1n) is 8.01. The lowest BCUT2D eigenvalue weighted by molar-refractivity contribution is -0.144. The predicted molar refractivity (Wildman–Crippen MR) is 88.8 cm³/mol. The molecule has 1 unspecified atom stereocenters. The molecule has 1 aromatic carbocycles. The van der Waals surface area contributed by atoms with E-state index in [9.17, 15) is 14.4 Å². The predicted octanol–water partition coefficient (Wildman–Crippen LogP) is 2.75. The van der Waals surface area contributed by atoms with Gasteiger partial charge < -0.3 is 4.90 Å². The average molecular weight is 316 g/mol. The molecular weight excluding hydrogens is 292 g/mol. The molecular formula is C18H24N2O3. The van der Waals surface area contributed by atoms with Crippen molar-refractivity contribution in [3.05, 3.63) is 30.3 Å². The van der Waals surface area contributed by atoms with Crippen LogP contribution in [-0.4, -0.2) is 34.2 Å². The van der Waals surface area contributed by atoms with Gasteiger partial charge in [-0.05, 0) is 39.3 Å². The number of imide groups is 1. The summed E-state index contributed by atoms with van der Waals surface area (Å²) in [6, 6.07) is 8.14. The fraction of sp³-hybridized carbons (Fsp3) is 0.500. The molecule has 1 fully saturated rings. The summed E-state index contributed by atoms with van der Waals surface area (Å²) in [7, 11) is 0. The van der Waals surface area contributed by atoms with E-state index in [1.807, 2.05) is 33.8 Å². The molecule has 0 saturated carbocycles. The molecule has 0 radical (unpaired) electrons. The maximum atomic E-state index is 12.8. The van der Waals surface area contributed by atoms with E-state index in [1.165, 1.54) is 4.90 Å². The number of rotatable bonds is 4. The molecule has 1 aliphatic heterocycles. The Kier molecular flexibility index (Phi) is 4.88. The highest BCUT2D eigenvalue weighted by atomic mass is 16.2. The summed E-state index contributed by atoms with van der Waals surface area (Å²) >= 11 is 0. The topological polar surface area (TPSA) is 57.7 Å². The van der Waals surface area contributed by atoms with Crippen LogP contribution in [0.15, 0.2) is 30.3 Å². The van der Waals surface area contributed by atoms with Gasteiger partial charge in [0.25, 0.3) is 5.91 Å². The summed E-state index contributed by atoms with van der Waals surface area (Å²) in [6.45, 7) is 7.60. The van der Waals surface area contributed by atoms with Crippen molar-refractivity contribution in [1.29, 1.82) is 0 Å². The van der Waals surface area contributed by atoms with Crippen LogP contribution in [0.1, 0.15) is 47.0 Å². The van der Waals surface area contributed by atoms with Gasteiger partial charge in [0.05, 0.1) is 12.1 Å². The normalized spacial score (nSPS) is 18.4.